The normalized spacial score (nSPS) is 10.6. The molecule has 17 heavy (non-hydrogen) atoms. The zero-order valence-corrected chi connectivity index (χ0v) is 11.8. The van der Waals surface area contributed by atoms with Crippen molar-refractivity contribution in [1.82, 2.24) is 0 Å². The molecule has 4 heteroatoms. The Morgan fingerprint density at radius 1 is 0.941 bits per heavy atom. The van der Waals surface area contributed by atoms with Gasteiger partial charge >= 0.3 is 0 Å². The third-order valence-corrected chi connectivity index (χ3v) is 3.51. The summed E-state index contributed by atoms with van der Waals surface area (Å²) in [5, 5.41) is 1.64. The molecule has 2 rings (SSSR count). The SMILES string of the molecule is Fc1cc(Cl)ccc1-c1ccc(Cl)cc1CBr. The van der Waals surface area contributed by atoms with Crippen molar-refractivity contribution >= 4 is 39.1 Å². The fourth-order valence-corrected chi connectivity index (χ4v) is 2.46. The maximum atomic E-state index is 13.8. The van der Waals surface area contributed by atoms with E-state index in [9.17, 15) is 4.39 Å². The first-order valence-electron chi connectivity index (χ1n) is 4.91. The number of benzene rings is 2. The standard InChI is InChI=1S/C13H8BrCl2F/c14-7-8-5-9(15)1-3-11(8)12-4-2-10(16)6-13(12)17/h1-6H,7H2. The van der Waals surface area contributed by atoms with Gasteiger partial charge in [-0.1, -0.05) is 45.2 Å². The van der Waals surface area contributed by atoms with E-state index in [-0.39, 0.29) is 5.82 Å². The Morgan fingerprint density at radius 2 is 1.53 bits per heavy atom. The van der Waals surface area contributed by atoms with Crippen LogP contribution in [-0.4, -0.2) is 0 Å². The van der Waals surface area contributed by atoms with E-state index < -0.39 is 0 Å². The average Bonchev–Trinajstić information content (AvgIpc) is 2.30. The molecule has 2 aromatic rings. The lowest BCUT2D eigenvalue weighted by Crippen LogP contribution is -1.90. The largest absolute Gasteiger partial charge is 0.206 e. The second-order valence-corrected chi connectivity index (χ2v) is 4.99. The minimum absolute atomic E-state index is 0.331. The van der Waals surface area contributed by atoms with Crippen LogP contribution in [0.3, 0.4) is 0 Å². The summed E-state index contributed by atoms with van der Waals surface area (Å²) < 4.78 is 13.8. The quantitative estimate of drug-likeness (QED) is 0.619. The summed E-state index contributed by atoms with van der Waals surface area (Å²) in [5.41, 5.74) is 2.29. The van der Waals surface area contributed by atoms with Crippen LogP contribution in [0, 0.1) is 5.82 Å². The molecule has 0 spiro atoms. The topological polar surface area (TPSA) is 0 Å². The monoisotopic (exact) mass is 332 g/mol. The Kier molecular flexibility index (Phi) is 4.08. The summed E-state index contributed by atoms with van der Waals surface area (Å²) >= 11 is 15.0. The maximum Gasteiger partial charge on any atom is 0.132 e. The second-order valence-electron chi connectivity index (χ2n) is 3.56. The van der Waals surface area contributed by atoms with Crippen molar-refractivity contribution in [3.05, 3.63) is 57.8 Å². The zero-order valence-electron chi connectivity index (χ0n) is 8.68. The van der Waals surface area contributed by atoms with Gasteiger partial charge in [0.25, 0.3) is 0 Å². The molecule has 0 aliphatic heterocycles. The van der Waals surface area contributed by atoms with E-state index in [2.05, 4.69) is 15.9 Å². The average molecular weight is 334 g/mol. The number of hydrogen-bond donors (Lipinski definition) is 0. The van der Waals surface area contributed by atoms with Gasteiger partial charge in [0.15, 0.2) is 0 Å². The van der Waals surface area contributed by atoms with Crippen LogP contribution in [0.4, 0.5) is 4.39 Å². The van der Waals surface area contributed by atoms with Crippen molar-refractivity contribution in [3.63, 3.8) is 0 Å². The van der Waals surface area contributed by atoms with Crippen LogP contribution >= 0.6 is 39.1 Å². The molecule has 0 N–H and O–H groups in total. The number of halogens is 4. The van der Waals surface area contributed by atoms with E-state index in [1.54, 1.807) is 18.2 Å². The van der Waals surface area contributed by atoms with Crippen LogP contribution in [0.2, 0.25) is 10.0 Å². The molecule has 0 saturated carbocycles. The first-order valence-corrected chi connectivity index (χ1v) is 6.79. The van der Waals surface area contributed by atoms with E-state index in [0.29, 0.717) is 20.9 Å². The minimum Gasteiger partial charge on any atom is -0.206 e. The van der Waals surface area contributed by atoms with Gasteiger partial charge in [-0.05, 0) is 41.5 Å². The van der Waals surface area contributed by atoms with Crippen molar-refractivity contribution in [2.75, 3.05) is 0 Å². The maximum absolute atomic E-state index is 13.8. The highest BCUT2D eigenvalue weighted by Gasteiger charge is 2.10. The molecule has 2 aromatic carbocycles. The number of rotatable bonds is 2. The molecular formula is C13H8BrCl2F. The van der Waals surface area contributed by atoms with Gasteiger partial charge in [-0.3, -0.25) is 0 Å². The molecule has 0 amide bonds. The van der Waals surface area contributed by atoms with Crippen molar-refractivity contribution < 1.29 is 4.39 Å². The lowest BCUT2D eigenvalue weighted by atomic mass is 10.0. The van der Waals surface area contributed by atoms with Crippen LogP contribution in [0.5, 0.6) is 0 Å². The summed E-state index contributed by atoms with van der Waals surface area (Å²) in [5.74, 6) is -0.331. The number of hydrogen-bond acceptors (Lipinski definition) is 0. The Labute approximate surface area is 117 Å². The highest BCUT2D eigenvalue weighted by molar-refractivity contribution is 9.08. The van der Waals surface area contributed by atoms with Gasteiger partial charge in [-0.2, -0.15) is 0 Å². The zero-order chi connectivity index (χ0) is 12.4. The van der Waals surface area contributed by atoms with E-state index in [1.807, 2.05) is 12.1 Å². The molecule has 0 heterocycles. The van der Waals surface area contributed by atoms with E-state index in [0.717, 1.165) is 11.1 Å². The summed E-state index contributed by atoms with van der Waals surface area (Å²) in [4.78, 5) is 0. The molecule has 0 radical (unpaired) electrons. The molecule has 88 valence electrons. The lowest BCUT2D eigenvalue weighted by Gasteiger charge is -2.09. The van der Waals surface area contributed by atoms with Crippen LogP contribution < -0.4 is 0 Å². The summed E-state index contributed by atoms with van der Waals surface area (Å²) in [6.07, 6.45) is 0. The first-order chi connectivity index (χ1) is 8.11. The van der Waals surface area contributed by atoms with Crippen molar-refractivity contribution in [1.29, 1.82) is 0 Å². The minimum atomic E-state index is -0.331. The second kappa shape index (κ2) is 5.38. The molecule has 0 unspecified atom stereocenters. The van der Waals surface area contributed by atoms with Crippen molar-refractivity contribution in [3.8, 4) is 11.1 Å². The lowest BCUT2D eigenvalue weighted by molar-refractivity contribution is 0.631. The van der Waals surface area contributed by atoms with E-state index >= 15 is 0 Å². The van der Waals surface area contributed by atoms with Gasteiger partial charge in [0.2, 0.25) is 0 Å². The highest BCUT2D eigenvalue weighted by atomic mass is 79.9. The molecule has 0 aromatic heterocycles. The van der Waals surface area contributed by atoms with Gasteiger partial charge in [0.1, 0.15) is 5.82 Å². The van der Waals surface area contributed by atoms with E-state index in [1.165, 1.54) is 6.07 Å². The van der Waals surface area contributed by atoms with Crippen LogP contribution in [0.25, 0.3) is 11.1 Å². The van der Waals surface area contributed by atoms with Crippen molar-refractivity contribution in [2.45, 2.75) is 5.33 Å². The molecule has 0 fully saturated rings. The summed E-state index contributed by atoms with van der Waals surface area (Å²) in [6.45, 7) is 0. The molecule has 0 aliphatic carbocycles. The third-order valence-electron chi connectivity index (χ3n) is 2.43. The third kappa shape index (κ3) is 2.82. The van der Waals surface area contributed by atoms with Crippen LogP contribution in [-0.2, 0) is 5.33 Å². The Hall–Kier alpha value is -0.570. The van der Waals surface area contributed by atoms with E-state index in [4.69, 9.17) is 23.2 Å². The predicted octanol–water partition coefficient (Wildman–Crippen LogP) is 5.69. The van der Waals surface area contributed by atoms with Crippen LogP contribution in [0.1, 0.15) is 5.56 Å². The molecule has 0 saturated heterocycles. The fourth-order valence-electron chi connectivity index (χ4n) is 1.64. The van der Waals surface area contributed by atoms with Crippen LogP contribution in [0.15, 0.2) is 36.4 Å². The first kappa shape index (κ1) is 12.9. The Balaban J connectivity index is 2.60. The molecule has 0 nitrogen and oxygen atoms in total. The van der Waals surface area contributed by atoms with Gasteiger partial charge in [0, 0.05) is 20.9 Å². The van der Waals surface area contributed by atoms with Gasteiger partial charge in [-0.25, -0.2) is 4.39 Å². The predicted molar refractivity (Wildman–Crippen MR) is 74.5 cm³/mol. The summed E-state index contributed by atoms with van der Waals surface area (Å²) in [7, 11) is 0. The highest BCUT2D eigenvalue weighted by Crippen LogP contribution is 2.31. The number of alkyl halides is 1. The molecule has 0 aliphatic rings. The van der Waals surface area contributed by atoms with Gasteiger partial charge in [-0.15, -0.1) is 0 Å². The Bertz CT molecular complexity index is 555. The molecular weight excluding hydrogens is 326 g/mol. The summed E-state index contributed by atoms with van der Waals surface area (Å²) in [6, 6.07) is 10.0. The van der Waals surface area contributed by atoms with Gasteiger partial charge in [0.05, 0.1) is 0 Å². The smallest absolute Gasteiger partial charge is 0.132 e. The molecule has 0 atom stereocenters. The van der Waals surface area contributed by atoms with Crippen molar-refractivity contribution in [2.24, 2.45) is 0 Å². The Morgan fingerprint density at radius 3 is 2.12 bits per heavy atom. The molecule has 0 bridgehead atoms. The fraction of sp³-hybridized carbons (Fsp3) is 0.0769. The van der Waals surface area contributed by atoms with Gasteiger partial charge < -0.3 is 0 Å².